The topological polar surface area (TPSA) is 51.2 Å². The molecule has 3 aromatic rings. The Morgan fingerprint density at radius 3 is 2.19 bits per heavy atom. The average Bonchev–Trinajstić information content (AvgIpc) is 2.74. The van der Waals surface area contributed by atoms with Crippen LogP contribution >= 0.6 is 0 Å². The van der Waals surface area contributed by atoms with E-state index >= 15 is 0 Å². The predicted octanol–water partition coefficient (Wildman–Crippen LogP) is 4.66. The molecule has 26 heavy (non-hydrogen) atoms. The Labute approximate surface area is 153 Å². The zero-order valence-electron chi connectivity index (χ0n) is 14.6. The lowest BCUT2D eigenvalue weighted by molar-refractivity contribution is 0.0594. The van der Waals surface area contributed by atoms with Crippen LogP contribution in [0.2, 0.25) is 0 Å². The molecule has 0 atom stereocenters. The molecule has 0 saturated heterocycles. The van der Waals surface area contributed by atoms with Crippen LogP contribution in [0.15, 0.2) is 79.0 Å². The van der Waals surface area contributed by atoms with E-state index < -0.39 is 5.97 Å². The molecule has 2 heterocycles. The lowest BCUT2D eigenvalue weighted by Gasteiger charge is -2.12. The second-order valence-corrected chi connectivity index (χ2v) is 5.66. The zero-order chi connectivity index (χ0) is 18.2. The Hall–Kier alpha value is -3.40. The first-order valence-corrected chi connectivity index (χ1v) is 8.37. The van der Waals surface area contributed by atoms with Gasteiger partial charge in [0.05, 0.1) is 19.0 Å². The molecular weight excluding hydrogens is 324 g/mol. The van der Waals surface area contributed by atoms with Crippen LogP contribution in [0, 0.1) is 0 Å². The predicted molar refractivity (Wildman–Crippen MR) is 105 cm³/mol. The minimum absolute atomic E-state index is 0.333. The Bertz CT molecular complexity index is 853. The van der Waals surface area contributed by atoms with Crippen molar-refractivity contribution in [1.82, 2.24) is 4.98 Å². The van der Waals surface area contributed by atoms with Crippen molar-refractivity contribution < 1.29 is 9.53 Å². The van der Waals surface area contributed by atoms with E-state index in [4.69, 9.17) is 0 Å². The summed E-state index contributed by atoms with van der Waals surface area (Å²) in [5.41, 5.74) is 4.79. The van der Waals surface area contributed by atoms with Crippen molar-refractivity contribution in [3.05, 3.63) is 90.3 Å². The number of rotatable bonds is 2. The molecule has 0 aliphatic carbocycles. The van der Waals surface area contributed by atoms with Crippen LogP contribution in [0.1, 0.15) is 16.1 Å². The molecule has 1 aromatic heterocycles. The summed E-state index contributed by atoms with van der Waals surface area (Å²) in [4.78, 5) is 15.2. The molecule has 130 valence electrons. The lowest BCUT2D eigenvalue weighted by Crippen LogP contribution is -2.09. The van der Waals surface area contributed by atoms with Gasteiger partial charge < -0.3 is 10.1 Å². The number of ether oxygens (including phenoxy) is 1. The summed E-state index contributed by atoms with van der Waals surface area (Å²) in [6, 6.07) is 22.5. The second-order valence-electron chi connectivity index (χ2n) is 5.66. The third-order valence-corrected chi connectivity index (χ3v) is 3.92. The van der Waals surface area contributed by atoms with Crippen LogP contribution < -0.4 is 5.32 Å². The van der Waals surface area contributed by atoms with E-state index in [0.29, 0.717) is 5.69 Å². The quantitative estimate of drug-likeness (QED) is 0.687. The molecule has 1 aliphatic heterocycles. The zero-order valence-corrected chi connectivity index (χ0v) is 14.6. The Balaban J connectivity index is 0.000000152. The molecule has 0 bridgehead atoms. The highest BCUT2D eigenvalue weighted by Crippen LogP contribution is 2.20. The van der Waals surface area contributed by atoms with Crippen molar-refractivity contribution in [2.75, 3.05) is 19.0 Å². The van der Waals surface area contributed by atoms with E-state index in [1.807, 2.05) is 24.3 Å². The van der Waals surface area contributed by atoms with Gasteiger partial charge in [0.1, 0.15) is 5.69 Å². The lowest BCUT2D eigenvalue weighted by atomic mass is 10.1. The minimum Gasteiger partial charge on any atom is -0.464 e. The normalized spacial score (nSPS) is 11.4. The number of fused-ring (bicyclic) bond motifs is 1. The molecular formula is C22H20N2O2. The number of pyridine rings is 1. The van der Waals surface area contributed by atoms with Crippen molar-refractivity contribution in [1.29, 1.82) is 0 Å². The van der Waals surface area contributed by atoms with E-state index in [-0.39, 0.29) is 0 Å². The van der Waals surface area contributed by atoms with Gasteiger partial charge >= 0.3 is 5.97 Å². The van der Waals surface area contributed by atoms with Gasteiger partial charge in [-0.05, 0) is 17.2 Å². The highest BCUT2D eigenvalue weighted by molar-refractivity contribution is 5.89. The summed E-state index contributed by atoms with van der Waals surface area (Å²) >= 11 is 0. The van der Waals surface area contributed by atoms with E-state index in [9.17, 15) is 4.79 Å². The maximum Gasteiger partial charge on any atom is 0.356 e. The number of nitrogens with one attached hydrogen (secondary N) is 1. The SMILES string of the molecule is COC(=O)c1cc2c(cn1)NCC=C2.c1ccc(-c2ccccc2)cc1. The molecule has 0 fully saturated rings. The Morgan fingerprint density at radius 2 is 1.62 bits per heavy atom. The van der Waals surface area contributed by atoms with Gasteiger partial charge in [0.25, 0.3) is 0 Å². The second kappa shape index (κ2) is 8.62. The van der Waals surface area contributed by atoms with Crippen LogP contribution in [0.25, 0.3) is 17.2 Å². The number of hydrogen-bond donors (Lipinski definition) is 1. The van der Waals surface area contributed by atoms with E-state index in [1.54, 1.807) is 12.3 Å². The van der Waals surface area contributed by atoms with Crippen LogP contribution in [-0.4, -0.2) is 24.6 Å². The summed E-state index contributed by atoms with van der Waals surface area (Å²) in [6.07, 6.45) is 5.59. The van der Waals surface area contributed by atoms with Gasteiger partial charge in [-0.15, -0.1) is 0 Å². The largest absolute Gasteiger partial charge is 0.464 e. The first-order valence-electron chi connectivity index (χ1n) is 8.37. The molecule has 4 nitrogen and oxygen atoms in total. The number of carbonyl (C=O) groups excluding carboxylic acids is 1. The van der Waals surface area contributed by atoms with E-state index in [0.717, 1.165) is 17.8 Å². The summed E-state index contributed by atoms with van der Waals surface area (Å²) in [7, 11) is 1.34. The van der Waals surface area contributed by atoms with Crippen molar-refractivity contribution in [2.24, 2.45) is 0 Å². The van der Waals surface area contributed by atoms with Gasteiger partial charge in [0.15, 0.2) is 0 Å². The number of methoxy groups -OCH3 is 1. The van der Waals surface area contributed by atoms with Gasteiger partial charge in [0, 0.05) is 12.1 Å². The van der Waals surface area contributed by atoms with Gasteiger partial charge in [-0.3, -0.25) is 0 Å². The fourth-order valence-corrected chi connectivity index (χ4v) is 2.59. The summed E-state index contributed by atoms with van der Waals surface area (Å²) in [5.74, 6) is -0.410. The van der Waals surface area contributed by atoms with Gasteiger partial charge in [-0.2, -0.15) is 0 Å². The molecule has 2 aromatic carbocycles. The summed E-state index contributed by atoms with van der Waals surface area (Å²) in [6.45, 7) is 0.798. The number of carbonyl (C=O) groups is 1. The smallest absolute Gasteiger partial charge is 0.356 e. The molecule has 0 amide bonds. The highest BCUT2D eigenvalue weighted by Gasteiger charge is 2.11. The number of benzene rings is 2. The van der Waals surface area contributed by atoms with E-state index in [2.05, 4.69) is 63.6 Å². The number of nitrogens with zero attached hydrogens (tertiary/aromatic N) is 1. The molecule has 0 radical (unpaired) electrons. The minimum atomic E-state index is -0.410. The fourth-order valence-electron chi connectivity index (χ4n) is 2.59. The van der Waals surface area contributed by atoms with Gasteiger partial charge in [0.2, 0.25) is 0 Å². The summed E-state index contributed by atoms with van der Waals surface area (Å²) < 4.78 is 4.58. The van der Waals surface area contributed by atoms with Crippen molar-refractivity contribution >= 4 is 17.7 Å². The highest BCUT2D eigenvalue weighted by atomic mass is 16.5. The number of anilines is 1. The molecule has 1 aliphatic rings. The molecule has 0 unspecified atom stereocenters. The molecule has 0 saturated carbocycles. The van der Waals surface area contributed by atoms with Crippen LogP contribution in [-0.2, 0) is 4.74 Å². The monoisotopic (exact) mass is 344 g/mol. The average molecular weight is 344 g/mol. The Morgan fingerprint density at radius 1 is 1.00 bits per heavy atom. The van der Waals surface area contributed by atoms with Crippen LogP contribution in [0.3, 0.4) is 0 Å². The molecule has 0 spiro atoms. The Kier molecular flexibility index (Phi) is 5.78. The van der Waals surface area contributed by atoms with Crippen molar-refractivity contribution in [3.63, 3.8) is 0 Å². The van der Waals surface area contributed by atoms with Crippen LogP contribution in [0.4, 0.5) is 5.69 Å². The first-order chi connectivity index (χ1) is 12.8. The number of esters is 1. The molecule has 1 N–H and O–H groups in total. The van der Waals surface area contributed by atoms with Crippen LogP contribution in [0.5, 0.6) is 0 Å². The number of aromatic nitrogens is 1. The number of hydrogen-bond acceptors (Lipinski definition) is 4. The standard InChI is InChI=1S/C12H10.C10H10N2O2/c1-3-7-11(8-4-1)12-9-5-2-6-10-12;1-14-10(13)8-5-7-3-2-4-11-9(7)6-12-8/h1-10H;2-3,5-6,11H,4H2,1H3. The third-order valence-electron chi connectivity index (χ3n) is 3.92. The molecule has 4 heteroatoms. The third kappa shape index (κ3) is 4.36. The van der Waals surface area contributed by atoms with Crippen molar-refractivity contribution in [2.45, 2.75) is 0 Å². The summed E-state index contributed by atoms with van der Waals surface area (Å²) in [5, 5.41) is 3.15. The molecule has 4 rings (SSSR count). The maximum atomic E-state index is 11.2. The first kappa shape index (κ1) is 17.4. The van der Waals surface area contributed by atoms with Crippen molar-refractivity contribution in [3.8, 4) is 11.1 Å². The maximum absolute atomic E-state index is 11.2. The van der Waals surface area contributed by atoms with Gasteiger partial charge in [-0.25, -0.2) is 9.78 Å². The van der Waals surface area contributed by atoms with Gasteiger partial charge in [-0.1, -0.05) is 72.8 Å². The van der Waals surface area contributed by atoms with E-state index in [1.165, 1.54) is 18.2 Å². The fraction of sp³-hybridized carbons (Fsp3) is 0.0909.